The van der Waals surface area contributed by atoms with Gasteiger partial charge in [0, 0.05) is 0 Å². The van der Waals surface area contributed by atoms with Gasteiger partial charge in [-0.15, -0.1) is 0 Å². The molecule has 0 bridgehead atoms. The third-order valence-electron chi connectivity index (χ3n) is 2.60. The van der Waals surface area contributed by atoms with Crippen LogP contribution in [0.1, 0.15) is 19.4 Å². The molecule has 1 aliphatic rings. The second kappa shape index (κ2) is 3.63. The largest absolute Gasteiger partial charge is 0.293 e. The van der Waals surface area contributed by atoms with Crippen molar-refractivity contribution >= 4 is 28.6 Å². The van der Waals surface area contributed by atoms with Crippen LogP contribution >= 0.6 is 11.8 Å². The molecule has 1 aliphatic heterocycles. The number of carbonyl (C=O) groups is 2. The topological polar surface area (TPSA) is 37.4 Å². The van der Waals surface area contributed by atoms with E-state index in [1.165, 1.54) is 4.90 Å². The number of para-hydroxylation sites is 1. The Morgan fingerprint density at radius 1 is 1.19 bits per heavy atom. The zero-order chi connectivity index (χ0) is 11.9. The van der Waals surface area contributed by atoms with Gasteiger partial charge in [0.1, 0.15) is 0 Å². The summed E-state index contributed by atoms with van der Waals surface area (Å²) < 4.78 is -0.653. The van der Waals surface area contributed by atoms with Crippen LogP contribution in [0.2, 0.25) is 0 Å². The molecule has 3 nitrogen and oxygen atoms in total. The Kier molecular flexibility index (Phi) is 2.54. The summed E-state index contributed by atoms with van der Waals surface area (Å²) in [5.74, 6) is -0.142. The van der Waals surface area contributed by atoms with Crippen LogP contribution in [-0.4, -0.2) is 15.9 Å². The van der Waals surface area contributed by atoms with E-state index in [1.54, 1.807) is 19.9 Å². The van der Waals surface area contributed by atoms with Gasteiger partial charge in [0.25, 0.3) is 11.1 Å². The number of amides is 2. The first-order chi connectivity index (χ1) is 7.43. The molecule has 1 aromatic rings. The van der Waals surface area contributed by atoms with Gasteiger partial charge in [0.15, 0.2) is 0 Å². The number of anilines is 1. The Labute approximate surface area is 98.8 Å². The molecule has 0 radical (unpaired) electrons. The highest BCUT2D eigenvalue weighted by Crippen LogP contribution is 2.40. The van der Waals surface area contributed by atoms with Crippen LogP contribution in [0.3, 0.4) is 0 Å². The van der Waals surface area contributed by atoms with Gasteiger partial charge in [-0.1, -0.05) is 18.2 Å². The van der Waals surface area contributed by atoms with Gasteiger partial charge in [0.05, 0.1) is 10.4 Å². The van der Waals surface area contributed by atoms with Gasteiger partial charge in [-0.05, 0) is 44.2 Å². The van der Waals surface area contributed by atoms with Crippen LogP contribution in [0, 0.1) is 6.92 Å². The van der Waals surface area contributed by atoms with E-state index in [4.69, 9.17) is 0 Å². The zero-order valence-corrected chi connectivity index (χ0v) is 10.3. The van der Waals surface area contributed by atoms with E-state index in [0.717, 1.165) is 17.3 Å². The Morgan fingerprint density at radius 3 is 2.31 bits per heavy atom. The summed E-state index contributed by atoms with van der Waals surface area (Å²) in [6, 6.07) is 7.42. The number of rotatable bonds is 1. The zero-order valence-electron chi connectivity index (χ0n) is 9.48. The number of thioether (sulfide) groups is 1. The summed E-state index contributed by atoms with van der Waals surface area (Å²) in [6.45, 7) is 5.44. The highest BCUT2D eigenvalue weighted by Gasteiger charge is 2.46. The Morgan fingerprint density at radius 2 is 1.81 bits per heavy atom. The van der Waals surface area contributed by atoms with E-state index in [-0.39, 0.29) is 11.1 Å². The summed E-state index contributed by atoms with van der Waals surface area (Å²) in [5, 5.41) is -0.190. The second-order valence-electron chi connectivity index (χ2n) is 4.31. The predicted octanol–water partition coefficient (Wildman–Crippen LogP) is 2.97. The van der Waals surface area contributed by atoms with Crippen molar-refractivity contribution in [1.29, 1.82) is 0 Å². The van der Waals surface area contributed by atoms with Crippen molar-refractivity contribution in [3.05, 3.63) is 29.8 Å². The highest BCUT2D eigenvalue weighted by atomic mass is 32.2. The van der Waals surface area contributed by atoms with E-state index >= 15 is 0 Å². The van der Waals surface area contributed by atoms with E-state index in [2.05, 4.69) is 0 Å². The molecule has 0 unspecified atom stereocenters. The first-order valence-electron chi connectivity index (χ1n) is 5.06. The van der Waals surface area contributed by atoms with Crippen molar-refractivity contribution in [3.8, 4) is 0 Å². The van der Waals surface area contributed by atoms with Gasteiger partial charge < -0.3 is 0 Å². The average molecular weight is 235 g/mol. The van der Waals surface area contributed by atoms with Gasteiger partial charge in [0.2, 0.25) is 0 Å². The molecule has 2 amide bonds. The van der Waals surface area contributed by atoms with Gasteiger partial charge in [-0.3, -0.25) is 9.59 Å². The molecule has 0 aromatic heterocycles. The highest BCUT2D eigenvalue weighted by molar-refractivity contribution is 8.16. The molecule has 0 atom stereocenters. The molecular formula is C12H13NO2S. The fourth-order valence-electron chi connectivity index (χ4n) is 1.68. The maximum absolute atomic E-state index is 12.1. The normalized spacial score (nSPS) is 19.3. The number of hydrogen-bond donors (Lipinski definition) is 0. The lowest BCUT2D eigenvalue weighted by Crippen LogP contribution is -2.36. The first-order valence-corrected chi connectivity index (χ1v) is 5.88. The molecule has 1 heterocycles. The molecule has 0 saturated carbocycles. The maximum atomic E-state index is 12.1. The monoisotopic (exact) mass is 235 g/mol. The molecule has 84 valence electrons. The lowest BCUT2D eigenvalue weighted by molar-refractivity contribution is -0.118. The van der Waals surface area contributed by atoms with E-state index in [0.29, 0.717) is 5.69 Å². The van der Waals surface area contributed by atoms with Crippen LogP contribution in [0.4, 0.5) is 10.5 Å². The molecule has 2 rings (SSSR count). The third kappa shape index (κ3) is 1.63. The molecule has 1 fully saturated rings. The second-order valence-corrected chi connectivity index (χ2v) is 5.88. The van der Waals surface area contributed by atoms with Crippen LogP contribution in [-0.2, 0) is 4.79 Å². The molecule has 4 heteroatoms. The Balaban J connectivity index is 2.47. The summed E-state index contributed by atoms with van der Waals surface area (Å²) in [5.41, 5.74) is 1.62. The van der Waals surface area contributed by atoms with Gasteiger partial charge in [-0.2, -0.15) is 0 Å². The van der Waals surface area contributed by atoms with Crippen molar-refractivity contribution in [1.82, 2.24) is 0 Å². The number of nitrogens with zero attached hydrogens (tertiary/aromatic N) is 1. The van der Waals surface area contributed by atoms with Crippen molar-refractivity contribution in [2.24, 2.45) is 0 Å². The van der Waals surface area contributed by atoms with Crippen LogP contribution in [0.15, 0.2) is 24.3 Å². The SMILES string of the molecule is Cc1ccccc1N1C(=O)SC(C)(C)C1=O. The minimum Gasteiger partial charge on any atom is -0.272 e. The molecule has 0 N–H and O–H groups in total. The lowest BCUT2D eigenvalue weighted by atomic mass is 10.1. The van der Waals surface area contributed by atoms with E-state index in [9.17, 15) is 9.59 Å². The Bertz CT molecular complexity index is 468. The quantitative estimate of drug-likeness (QED) is 0.751. The molecular weight excluding hydrogens is 222 g/mol. The third-order valence-corrected chi connectivity index (χ3v) is 3.64. The molecule has 0 spiro atoms. The smallest absolute Gasteiger partial charge is 0.272 e. The fraction of sp³-hybridized carbons (Fsp3) is 0.333. The van der Waals surface area contributed by atoms with Crippen LogP contribution in [0.5, 0.6) is 0 Å². The standard InChI is InChI=1S/C12H13NO2S/c1-8-6-4-5-7-9(8)13-10(14)12(2,3)16-11(13)15/h4-7H,1-3H3. The summed E-state index contributed by atoms with van der Waals surface area (Å²) >= 11 is 1.08. The van der Waals surface area contributed by atoms with Crippen molar-refractivity contribution in [2.45, 2.75) is 25.5 Å². The number of aryl methyl sites for hydroxylation is 1. The predicted molar refractivity (Wildman–Crippen MR) is 65.7 cm³/mol. The molecule has 0 aliphatic carbocycles. The molecule has 1 aromatic carbocycles. The fourth-order valence-corrected chi connectivity index (χ4v) is 2.57. The first kappa shape index (κ1) is 11.2. The molecule has 1 saturated heterocycles. The number of imide groups is 1. The van der Waals surface area contributed by atoms with Crippen LogP contribution < -0.4 is 4.90 Å². The summed E-state index contributed by atoms with van der Waals surface area (Å²) in [4.78, 5) is 25.2. The average Bonchev–Trinajstić information content (AvgIpc) is 2.39. The van der Waals surface area contributed by atoms with Crippen molar-refractivity contribution in [3.63, 3.8) is 0 Å². The van der Waals surface area contributed by atoms with Crippen molar-refractivity contribution < 1.29 is 9.59 Å². The summed E-state index contributed by atoms with van der Waals surface area (Å²) in [6.07, 6.45) is 0. The van der Waals surface area contributed by atoms with E-state index < -0.39 is 4.75 Å². The number of benzene rings is 1. The Hall–Kier alpha value is -1.29. The van der Waals surface area contributed by atoms with Gasteiger partial charge in [-0.25, -0.2) is 4.90 Å². The van der Waals surface area contributed by atoms with Crippen molar-refractivity contribution in [2.75, 3.05) is 4.90 Å². The minimum absolute atomic E-state index is 0.142. The minimum atomic E-state index is -0.653. The molecule has 16 heavy (non-hydrogen) atoms. The van der Waals surface area contributed by atoms with E-state index in [1.807, 2.05) is 25.1 Å². The van der Waals surface area contributed by atoms with Gasteiger partial charge >= 0.3 is 0 Å². The summed E-state index contributed by atoms with van der Waals surface area (Å²) in [7, 11) is 0. The lowest BCUT2D eigenvalue weighted by Gasteiger charge is -2.18. The number of carbonyl (C=O) groups excluding carboxylic acids is 2. The maximum Gasteiger partial charge on any atom is 0.293 e. The van der Waals surface area contributed by atoms with Crippen LogP contribution in [0.25, 0.3) is 0 Å². The number of hydrogen-bond acceptors (Lipinski definition) is 3.